The monoisotopic (exact) mass is 336 g/mol. The molecule has 21 heavy (non-hydrogen) atoms. The quantitative estimate of drug-likeness (QED) is 0.774. The molecule has 0 aliphatic rings. The molecule has 0 radical (unpaired) electrons. The zero-order chi connectivity index (χ0) is 16.3. The molecule has 0 heterocycles. The molecule has 1 rings (SSSR count). The van der Waals surface area contributed by atoms with Crippen molar-refractivity contribution in [3.05, 3.63) is 18.2 Å². The normalized spacial score (nSPS) is 12.4. The van der Waals surface area contributed by atoms with Crippen LogP contribution >= 0.6 is 0 Å². The highest BCUT2D eigenvalue weighted by Gasteiger charge is 2.18. The third kappa shape index (κ3) is 5.52. The molecule has 1 aromatic rings. The highest BCUT2D eigenvalue weighted by atomic mass is 32.2. The van der Waals surface area contributed by atoms with Crippen LogP contribution in [0.3, 0.4) is 0 Å². The average Bonchev–Trinajstić information content (AvgIpc) is 2.27. The van der Waals surface area contributed by atoms with Gasteiger partial charge in [0.2, 0.25) is 20.0 Å². The largest absolute Gasteiger partial charge is 0.492 e. The second kappa shape index (κ2) is 6.63. The van der Waals surface area contributed by atoms with Gasteiger partial charge in [0, 0.05) is 0 Å². The summed E-state index contributed by atoms with van der Waals surface area (Å²) in [7, 11) is -7.56. The number of nitrogens with one attached hydrogen (secondary N) is 1. The Morgan fingerprint density at radius 2 is 1.86 bits per heavy atom. The minimum absolute atomic E-state index is 0.0529. The van der Waals surface area contributed by atoms with E-state index in [0.717, 1.165) is 6.07 Å². The van der Waals surface area contributed by atoms with Crippen molar-refractivity contribution in [3.63, 3.8) is 0 Å². The van der Waals surface area contributed by atoms with Crippen molar-refractivity contribution in [2.45, 2.75) is 25.7 Å². The lowest BCUT2D eigenvalue weighted by molar-refractivity contribution is 0.331. The van der Waals surface area contributed by atoms with Crippen LogP contribution in [0, 0.1) is 5.92 Å². The fraction of sp³-hybridized carbons (Fsp3) is 0.500. The van der Waals surface area contributed by atoms with Crippen molar-refractivity contribution < 1.29 is 21.6 Å². The lowest BCUT2D eigenvalue weighted by atomic mass is 10.3. The van der Waals surface area contributed by atoms with Gasteiger partial charge in [-0.25, -0.2) is 22.0 Å². The topological polar surface area (TPSA) is 116 Å². The summed E-state index contributed by atoms with van der Waals surface area (Å²) < 4.78 is 54.3. The molecule has 0 saturated heterocycles. The molecule has 0 bridgehead atoms. The SMILES string of the molecule is CCOc1ccc(NS(=O)(=O)CC(C)C)cc1S(N)(=O)=O. The molecule has 120 valence electrons. The van der Waals surface area contributed by atoms with Crippen molar-refractivity contribution in [2.24, 2.45) is 11.1 Å². The summed E-state index contributed by atoms with van der Waals surface area (Å²) in [5.74, 6) is -0.0278. The molecule has 0 fully saturated rings. The first-order chi connectivity index (χ1) is 9.55. The fourth-order valence-corrected chi connectivity index (χ4v) is 3.87. The highest BCUT2D eigenvalue weighted by molar-refractivity contribution is 7.92. The molecule has 3 N–H and O–H groups in total. The molecule has 0 aliphatic heterocycles. The molecule has 1 aromatic carbocycles. The summed E-state index contributed by atoms with van der Waals surface area (Å²) in [5, 5.41) is 5.12. The van der Waals surface area contributed by atoms with Crippen molar-refractivity contribution in [3.8, 4) is 5.75 Å². The van der Waals surface area contributed by atoms with Gasteiger partial charge in [0.1, 0.15) is 10.6 Å². The summed E-state index contributed by atoms with van der Waals surface area (Å²) >= 11 is 0. The van der Waals surface area contributed by atoms with E-state index in [9.17, 15) is 16.8 Å². The fourth-order valence-electron chi connectivity index (χ4n) is 1.73. The van der Waals surface area contributed by atoms with Crippen LogP contribution in [-0.2, 0) is 20.0 Å². The molecule has 0 unspecified atom stereocenters. The summed E-state index contributed by atoms with van der Waals surface area (Å²) in [6, 6.07) is 3.95. The Bertz CT molecular complexity index is 696. The minimum atomic E-state index is -4.02. The molecule has 0 aromatic heterocycles. The molecule has 0 amide bonds. The number of hydrogen-bond donors (Lipinski definition) is 2. The lowest BCUT2D eigenvalue weighted by Crippen LogP contribution is -2.20. The van der Waals surface area contributed by atoms with Crippen LogP contribution in [0.2, 0.25) is 0 Å². The number of primary sulfonamides is 1. The zero-order valence-corrected chi connectivity index (χ0v) is 13.8. The molecular formula is C12H20N2O5S2. The Labute approximate surface area is 125 Å². The Balaban J connectivity index is 3.18. The summed E-state index contributed by atoms with van der Waals surface area (Å²) in [6.07, 6.45) is 0. The van der Waals surface area contributed by atoms with E-state index in [4.69, 9.17) is 9.88 Å². The molecule has 0 spiro atoms. The van der Waals surface area contributed by atoms with E-state index in [1.54, 1.807) is 20.8 Å². The van der Waals surface area contributed by atoms with Crippen LogP contribution in [0.25, 0.3) is 0 Å². The van der Waals surface area contributed by atoms with Crippen molar-refractivity contribution in [2.75, 3.05) is 17.1 Å². The van der Waals surface area contributed by atoms with Gasteiger partial charge in [-0.05, 0) is 31.0 Å². The number of sulfonamides is 2. The number of ether oxygens (including phenoxy) is 1. The van der Waals surface area contributed by atoms with E-state index in [1.807, 2.05) is 0 Å². The standard InChI is InChI=1S/C12H20N2O5S2/c1-4-19-11-6-5-10(7-12(11)21(13,17)18)14-20(15,16)8-9(2)3/h5-7,9,14H,4,8H2,1-3H3,(H2,13,17,18). The maximum Gasteiger partial charge on any atom is 0.241 e. The predicted molar refractivity (Wildman–Crippen MR) is 81.2 cm³/mol. The van der Waals surface area contributed by atoms with Crippen LogP contribution in [0.4, 0.5) is 5.69 Å². The van der Waals surface area contributed by atoms with E-state index in [2.05, 4.69) is 4.72 Å². The van der Waals surface area contributed by atoms with Crippen LogP contribution in [0.5, 0.6) is 5.75 Å². The first-order valence-corrected chi connectivity index (χ1v) is 9.55. The number of anilines is 1. The maximum absolute atomic E-state index is 11.9. The van der Waals surface area contributed by atoms with Gasteiger partial charge < -0.3 is 4.74 Å². The van der Waals surface area contributed by atoms with E-state index >= 15 is 0 Å². The van der Waals surface area contributed by atoms with E-state index in [0.29, 0.717) is 0 Å². The van der Waals surface area contributed by atoms with E-state index in [1.165, 1.54) is 12.1 Å². The average molecular weight is 336 g/mol. The van der Waals surface area contributed by atoms with Crippen LogP contribution in [0.15, 0.2) is 23.1 Å². The van der Waals surface area contributed by atoms with Crippen LogP contribution < -0.4 is 14.6 Å². The molecule has 0 atom stereocenters. The van der Waals surface area contributed by atoms with Gasteiger partial charge in [0.05, 0.1) is 18.0 Å². The second-order valence-corrected chi connectivity index (χ2v) is 8.21. The first-order valence-electron chi connectivity index (χ1n) is 6.35. The second-order valence-electron chi connectivity index (χ2n) is 4.92. The Morgan fingerprint density at radius 3 is 2.33 bits per heavy atom. The van der Waals surface area contributed by atoms with Crippen molar-refractivity contribution in [1.29, 1.82) is 0 Å². The molecule has 0 saturated carbocycles. The minimum Gasteiger partial charge on any atom is -0.492 e. The van der Waals surface area contributed by atoms with Gasteiger partial charge in [-0.15, -0.1) is 0 Å². The molecular weight excluding hydrogens is 316 g/mol. The van der Waals surface area contributed by atoms with Gasteiger partial charge in [0.15, 0.2) is 0 Å². The lowest BCUT2D eigenvalue weighted by Gasteiger charge is -2.13. The van der Waals surface area contributed by atoms with Gasteiger partial charge in [-0.2, -0.15) is 0 Å². The summed E-state index contributed by atoms with van der Waals surface area (Å²) in [5.41, 5.74) is 0.128. The predicted octanol–water partition coefficient (Wildman–Crippen LogP) is 1.13. The molecule has 7 nitrogen and oxygen atoms in total. The van der Waals surface area contributed by atoms with Crippen molar-refractivity contribution in [1.82, 2.24) is 0 Å². The van der Waals surface area contributed by atoms with Gasteiger partial charge in [-0.3, -0.25) is 4.72 Å². The Kier molecular flexibility index (Phi) is 5.60. The first kappa shape index (κ1) is 17.7. The van der Waals surface area contributed by atoms with Crippen molar-refractivity contribution >= 4 is 25.7 Å². The smallest absolute Gasteiger partial charge is 0.241 e. The summed E-state index contributed by atoms with van der Waals surface area (Å²) in [4.78, 5) is -0.255. The highest BCUT2D eigenvalue weighted by Crippen LogP contribution is 2.27. The number of benzene rings is 1. The molecule has 9 heteroatoms. The number of rotatable bonds is 7. The van der Waals surface area contributed by atoms with Crippen LogP contribution in [-0.4, -0.2) is 29.2 Å². The number of nitrogens with two attached hydrogens (primary N) is 1. The van der Waals surface area contributed by atoms with Gasteiger partial charge in [-0.1, -0.05) is 13.8 Å². The third-order valence-corrected chi connectivity index (χ3v) is 4.96. The van der Waals surface area contributed by atoms with E-state index in [-0.39, 0.29) is 34.6 Å². The van der Waals surface area contributed by atoms with Crippen LogP contribution in [0.1, 0.15) is 20.8 Å². The van der Waals surface area contributed by atoms with Gasteiger partial charge >= 0.3 is 0 Å². The zero-order valence-electron chi connectivity index (χ0n) is 12.2. The summed E-state index contributed by atoms with van der Waals surface area (Å²) in [6.45, 7) is 5.51. The van der Waals surface area contributed by atoms with E-state index < -0.39 is 20.0 Å². The molecule has 0 aliphatic carbocycles. The number of hydrogen-bond acceptors (Lipinski definition) is 5. The van der Waals surface area contributed by atoms with Gasteiger partial charge in [0.25, 0.3) is 0 Å². The Hall–Kier alpha value is -1.32. The maximum atomic E-state index is 11.9. The third-order valence-electron chi connectivity index (χ3n) is 2.38. The Morgan fingerprint density at radius 1 is 1.24 bits per heavy atom.